The van der Waals surface area contributed by atoms with Crippen molar-refractivity contribution in [1.82, 2.24) is 15.6 Å². The summed E-state index contributed by atoms with van der Waals surface area (Å²) in [5.41, 5.74) is 0.776. The molecule has 1 fully saturated rings. The molecule has 0 radical (unpaired) electrons. The predicted molar refractivity (Wildman–Crippen MR) is 83.9 cm³/mol. The Bertz CT molecular complexity index is 631. The number of aromatic nitrogens is 1. The van der Waals surface area contributed by atoms with Crippen LogP contribution in [-0.2, 0) is 0 Å². The highest BCUT2D eigenvalue weighted by atomic mass is 35.5. The zero-order valence-electron chi connectivity index (χ0n) is 10.9. The van der Waals surface area contributed by atoms with Crippen molar-refractivity contribution in [3.05, 3.63) is 27.0 Å². The molecule has 0 spiro atoms. The maximum atomic E-state index is 12.3. The molecule has 2 aromatic rings. The highest BCUT2D eigenvalue weighted by Crippen LogP contribution is 2.34. The molecule has 7 heteroatoms. The molecule has 1 aliphatic heterocycles. The van der Waals surface area contributed by atoms with Crippen LogP contribution in [0, 0.1) is 6.92 Å². The number of aryl methyl sites for hydroxylation is 1. The topological polar surface area (TPSA) is 54.0 Å². The van der Waals surface area contributed by atoms with Crippen molar-refractivity contribution in [3.8, 4) is 9.88 Å². The van der Waals surface area contributed by atoms with Gasteiger partial charge in [-0.2, -0.15) is 0 Å². The van der Waals surface area contributed by atoms with Crippen LogP contribution >= 0.6 is 34.3 Å². The summed E-state index contributed by atoms with van der Waals surface area (Å²) in [5.74, 6) is -0.0254. The number of halogens is 1. The van der Waals surface area contributed by atoms with E-state index in [1.54, 1.807) is 0 Å². The smallest absolute Gasteiger partial charge is 0.263 e. The summed E-state index contributed by atoms with van der Waals surface area (Å²) in [6, 6.07) is 4.01. The van der Waals surface area contributed by atoms with Crippen molar-refractivity contribution in [2.75, 3.05) is 13.1 Å². The van der Waals surface area contributed by atoms with Gasteiger partial charge in [0.05, 0.1) is 14.9 Å². The highest BCUT2D eigenvalue weighted by molar-refractivity contribution is 7.24. The maximum Gasteiger partial charge on any atom is 0.263 e. The normalized spacial score (nSPS) is 18.4. The lowest BCUT2D eigenvalue weighted by atomic mass is 10.2. The van der Waals surface area contributed by atoms with E-state index < -0.39 is 0 Å². The quantitative estimate of drug-likeness (QED) is 0.911. The molecule has 1 aliphatic rings. The fraction of sp³-hybridized carbons (Fsp3) is 0.385. The van der Waals surface area contributed by atoms with Gasteiger partial charge in [-0.15, -0.1) is 22.7 Å². The van der Waals surface area contributed by atoms with Crippen LogP contribution in [0.3, 0.4) is 0 Å². The summed E-state index contributed by atoms with van der Waals surface area (Å²) in [4.78, 5) is 18.5. The van der Waals surface area contributed by atoms with Crippen LogP contribution in [0.2, 0.25) is 4.34 Å². The van der Waals surface area contributed by atoms with Gasteiger partial charge in [0.2, 0.25) is 0 Å². The summed E-state index contributed by atoms with van der Waals surface area (Å²) in [5, 5.41) is 7.15. The number of carbonyl (C=O) groups excluding carboxylic acids is 1. The van der Waals surface area contributed by atoms with E-state index in [-0.39, 0.29) is 11.9 Å². The number of thiophene rings is 1. The number of carbonyl (C=O) groups is 1. The second-order valence-corrected chi connectivity index (χ2v) is 7.41. The first-order valence-corrected chi connectivity index (χ1v) is 8.39. The number of hydrogen-bond donors (Lipinski definition) is 2. The van der Waals surface area contributed by atoms with Gasteiger partial charge in [-0.3, -0.25) is 4.79 Å². The molecule has 3 heterocycles. The zero-order valence-corrected chi connectivity index (χ0v) is 13.3. The SMILES string of the molecule is Cc1nc(-c2ccc(Cl)s2)sc1C(=O)NC1CCNC1. The Labute approximate surface area is 130 Å². The number of nitrogens with zero attached hydrogens (tertiary/aromatic N) is 1. The maximum absolute atomic E-state index is 12.3. The van der Waals surface area contributed by atoms with Crippen LogP contribution in [0.25, 0.3) is 9.88 Å². The predicted octanol–water partition coefficient (Wildman–Crippen LogP) is 2.93. The van der Waals surface area contributed by atoms with Crippen LogP contribution in [0.4, 0.5) is 0 Å². The zero-order chi connectivity index (χ0) is 14.1. The van der Waals surface area contributed by atoms with Gasteiger partial charge < -0.3 is 10.6 Å². The Balaban J connectivity index is 1.79. The van der Waals surface area contributed by atoms with Crippen molar-refractivity contribution in [1.29, 1.82) is 0 Å². The molecule has 2 N–H and O–H groups in total. The number of amides is 1. The van der Waals surface area contributed by atoms with Gasteiger partial charge in [0, 0.05) is 12.6 Å². The molecular formula is C13H14ClN3OS2. The Morgan fingerprint density at radius 3 is 3.00 bits per heavy atom. The molecule has 1 unspecified atom stereocenters. The monoisotopic (exact) mass is 327 g/mol. The second-order valence-electron chi connectivity index (χ2n) is 4.70. The van der Waals surface area contributed by atoms with E-state index in [0.29, 0.717) is 4.88 Å². The molecule has 0 bridgehead atoms. The van der Waals surface area contributed by atoms with E-state index in [0.717, 1.165) is 39.4 Å². The lowest BCUT2D eigenvalue weighted by molar-refractivity contribution is 0.0943. The first kappa shape index (κ1) is 14.0. The number of hydrogen-bond acceptors (Lipinski definition) is 5. The van der Waals surface area contributed by atoms with E-state index in [4.69, 9.17) is 11.6 Å². The highest BCUT2D eigenvalue weighted by Gasteiger charge is 2.21. The lowest BCUT2D eigenvalue weighted by Gasteiger charge is -2.09. The summed E-state index contributed by atoms with van der Waals surface area (Å²) in [6.45, 7) is 3.68. The van der Waals surface area contributed by atoms with E-state index in [9.17, 15) is 4.79 Å². The fourth-order valence-corrected chi connectivity index (χ4v) is 4.24. The van der Waals surface area contributed by atoms with Crippen molar-refractivity contribution in [2.45, 2.75) is 19.4 Å². The summed E-state index contributed by atoms with van der Waals surface area (Å²) < 4.78 is 0.732. The van der Waals surface area contributed by atoms with Gasteiger partial charge in [-0.1, -0.05) is 11.6 Å². The molecule has 0 saturated carbocycles. The molecule has 20 heavy (non-hydrogen) atoms. The minimum absolute atomic E-state index is 0.0254. The van der Waals surface area contributed by atoms with Gasteiger partial charge in [0.1, 0.15) is 9.88 Å². The van der Waals surface area contributed by atoms with Gasteiger partial charge in [-0.05, 0) is 32.0 Å². The molecular weight excluding hydrogens is 314 g/mol. The second kappa shape index (κ2) is 5.81. The van der Waals surface area contributed by atoms with E-state index in [1.807, 2.05) is 19.1 Å². The molecule has 2 aromatic heterocycles. The minimum Gasteiger partial charge on any atom is -0.347 e. The fourth-order valence-electron chi connectivity index (χ4n) is 2.17. The lowest BCUT2D eigenvalue weighted by Crippen LogP contribution is -2.36. The van der Waals surface area contributed by atoms with Crippen LogP contribution in [-0.4, -0.2) is 30.0 Å². The van der Waals surface area contributed by atoms with Gasteiger partial charge in [0.15, 0.2) is 0 Å². The van der Waals surface area contributed by atoms with Crippen molar-refractivity contribution in [3.63, 3.8) is 0 Å². The van der Waals surface area contributed by atoms with E-state index in [2.05, 4.69) is 15.6 Å². The Hall–Kier alpha value is -0.950. The molecule has 106 valence electrons. The van der Waals surface area contributed by atoms with Gasteiger partial charge in [-0.25, -0.2) is 4.98 Å². The van der Waals surface area contributed by atoms with Crippen molar-refractivity contribution < 1.29 is 4.79 Å². The van der Waals surface area contributed by atoms with E-state index >= 15 is 0 Å². The molecule has 1 atom stereocenters. The Kier molecular flexibility index (Phi) is 4.07. The minimum atomic E-state index is -0.0254. The standard InChI is InChI=1S/C13H14ClN3OS2/c1-7-11(12(18)17-8-4-5-15-6-8)20-13(16-7)9-2-3-10(14)19-9/h2-3,8,15H,4-6H2,1H3,(H,17,18). The first-order valence-electron chi connectivity index (χ1n) is 6.38. The van der Waals surface area contributed by atoms with Crippen molar-refractivity contribution >= 4 is 40.2 Å². The number of rotatable bonds is 3. The molecule has 0 aromatic carbocycles. The largest absolute Gasteiger partial charge is 0.347 e. The molecule has 3 rings (SSSR count). The number of nitrogens with one attached hydrogen (secondary N) is 2. The third-order valence-corrected chi connectivity index (χ3v) is 5.74. The average molecular weight is 328 g/mol. The summed E-state index contributed by atoms with van der Waals surface area (Å²) >= 11 is 8.85. The molecule has 4 nitrogen and oxygen atoms in total. The first-order chi connectivity index (χ1) is 9.63. The number of thiazole rings is 1. The third kappa shape index (κ3) is 2.88. The van der Waals surface area contributed by atoms with Gasteiger partial charge >= 0.3 is 0 Å². The Morgan fingerprint density at radius 1 is 1.50 bits per heavy atom. The molecule has 0 aliphatic carbocycles. The van der Waals surface area contributed by atoms with Crippen LogP contribution in [0.15, 0.2) is 12.1 Å². The van der Waals surface area contributed by atoms with Crippen LogP contribution in [0.1, 0.15) is 21.8 Å². The molecule has 1 saturated heterocycles. The average Bonchev–Trinajstić information content (AvgIpc) is 3.10. The summed E-state index contributed by atoms with van der Waals surface area (Å²) in [6.07, 6.45) is 0.983. The van der Waals surface area contributed by atoms with Gasteiger partial charge in [0.25, 0.3) is 5.91 Å². The van der Waals surface area contributed by atoms with Crippen LogP contribution in [0.5, 0.6) is 0 Å². The van der Waals surface area contributed by atoms with Crippen LogP contribution < -0.4 is 10.6 Å². The van der Waals surface area contributed by atoms with E-state index in [1.165, 1.54) is 22.7 Å². The third-order valence-electron chi connectivity index (χ3n) is 3.18. The Morgan fingerprint density at radius 2 is 2.35 bits per heavy atom. The molecule has 1 amide bonds. The van der Waals surface area contributed by atoms with Crippen molar-refractivity contribution in [2.24, 2.45) is 0 Å². The summed E-state index contributed by atoms with van der Waals surface area (Å²) in [7, 11) is 0.